The van der Waals surface area contributed by atoms with Crippen molar-refractivity contribution in [3.8, 4) is 22.6 Å². The molecule has 8 nitrogen and oxygen atoms in total. The number of carbonyl (C=O) groups excluding carboxylic acids is 1. The number of phenols is 1. The maximum absolute atomic E-state index is 13.0. The molecule has 0 radical (unpaired) electrons. The molecular formula is C35H41N3O5S. The van der Waals surface area contributed by atoms with Gasteiger partial charge in [-0.15, -0.1) is 0 Å². The molecule has 9 heteroatoms. The molecule has 0 aliphatic heterocycles. The van der Waals surface area contributed by atoms with Crippen molar-refractivity contribution in [1.82, 2.24) is 9.55 Å². The lowest BCUT2D eigenvalue weighted by Crippen LogP contribution is -2.08. The maximum atomic E-state index is 13.0. The molecule has 2 N–H and O–H groups in total. The van der Waals surface area contributed by atoms with Crippen molar-refractivity contribution in [2.24, 2.45) is 0 Å². The number of carbonyl (C=O) groups is 1. The van der Waals surface area contributed by atoms with Crippen molar-refractivity contribution in [2.75, 3.05) is 25.1 Å². The van der Waals surface area contributed by atoms with E-state index in [0.29, 0.717) is 35.1 Å². The molecule has 3 aromatic carbocycles. The Balaban J connectivity index is 1.32. The molecule has 0 aliphatic carbocycles. The predicted octanol–water partition coefficient (Wildman–Crippen LogP) is 7.13. The van der Waals surface area contributed by atoms with Gasteiger partial charge < -0.3 is 24.5 Å². The molecule has 1 aromatic heterocycles. The molecule has 1 amide bonds. The minimum Gasteiger partial charge on any atom is -0.507 e. The summed E-state index contributed by atoms with van der Waals surface area (Å²) in [5.41, 5.74) is 4.82. The Bertz CT molecular complexity index is 1560. The van der Waals surface area contributed by atoms with E-state index in [4.69, 9.17) is 9.47 Å². The number of hydrogen-bond acceptors (Lipinski definition) is 6. The van der Waals surface area contributed by atoms with E-state index >= 15 is 0 Å². The Morgan fingerprint density at radius 2 is 1.73 bits per heavy atom. The van der Waals surface area contributed by atoms with Crippen LogP contribution in [0.1, 0.15) is 50.1 Å². The van der Waals surface area contributed by atoms with E-state index in [1.54, 1.807) is 42.7 Å². The Labute approximate surface area is 262 Å². The number of unbranched alkanes of at least 4 members (excludes halogenated alkanes) is 1. The third kappa shape index (κ3) is 9.39. The molecule has 0 unspecified atom stereocenters. The van der Waals surface area contributed by atoms with Crippen LogP contribution in [0.4, 0.5) is 5.69 Å². The third-order valence-electron chi connectivity index (χ3n) is 7.04. The van der Waals surface area contributed by atoms with Crippen LogP contribution in [0.15, 0.2) is 84.0 Å². The van der Waals surface area contributed by atoms with Crippen molar-refractivity contribution in [1.29, 1.82) is 0 Å². The number of imidazole rings is 1. The van der Waals surface area contributed by atoms with Gasteiger partial charge in [0.1, 0.15) is 18.1 Å². The fourth-order valence-electron chi connectivity index (χ4n) is 4.55. The molecule has 0 saturated carbocycles. The van der Waals surface area contributed by atoms with Crippen molar-refractivity contribution in [2.45, 2.75) is 57.2 Å². The number of hydrogen-bond donors (Lipinski definition) is 2. The van der Waals surface area contributed by atoms with Crippen LogP contribution in [-0.4, -0.2) is 44.6 Å². The molecular weight excluding hydrogens is 574 g/mol. The highest BCUT2D eigenvalue weighted by atomic mass is 32.2. The minimum atomic E-state index is -1.24. The van der Waals surface area contributed by atoms with Gasteiger partial charge in [-0.05, 0) is 85.5 Å². The second kappa shape index (κ2) is 16.6. The number of amides is 1. The van der Waals surface area contributed by atoms with Crippen molar-refractivity contribution in [3.63, 3.8) is 0 Å². The van der Waals surface area contributed by atoms with Crippen molar-refractivity contribution < 1.29 is 23.6 Å². The van der Waals surface area contributed by atoms with E-state index in [0.717, 1.165) is 60.7 Å². The van der Waals surface area contributed by atoms with Crippen LogP contribution >= 0.6 is 0 Å². The highest BCUT2D eigenvalue weighted by Gasteiger charge is 2.13. The van der Waals surface area contributed by atoms with Crippen molar-refractivity contribution in [3.05, 3.63) is 96.1 Å². The van der Waals surface area contributed by atoms with E-state index in [1.807, 2.05) is 43.3 Å². The number of benzene rings is 3. The summed E-state index contributed by atoms with van der Waals surface area (Å²) in [4.78, 5) is 17.7. The van der Waals surface area contributed by atoms with Gasteiger partial charge in [0.15, 0.2) is 0 Å². The predicted molar refractivity (Wildman–Crippen MR) is 176 cm³/mol. The molecule has 0 aliphatic rings. The van der Waals surface area contributed by atoms with Gasteiger partial charge in [-0.25, -0.2) is 4.98 Å². The summed E-state index contributed by atoms with van der Waals surface area (Å²) < 4.78 is 26.3. The van der Waals surface area contributed by atoms with E-state index in [2.05, 4.69) is 28.7 Å². The van der Waals surface area contributed by atoms with Gasteiger partial charge in [0, 0.05) is 35.4 Å². The minimum absolute atomic E-state index is 0.0724. The van der Waals surface area contributed by atoms with Crippen LogP contribution in [0.5, 0.6) is 11.5 Å². The number of nitrogens with zero attached hydrogens (tertiary/aromatic N) is 2. The Morgan fingerprint density at radius 1 is 0.977 bits per heavy atom. The summed E-state index contributed by atoms with van der Waals surface area (Å²) in [6, 6.07) is 20.0. The number of rotatable bonds is 16. The first-order valence-electron chi connectivity index (χ1n) is 15.0. The molecule has 0 spiro atoms. The number of aromatic nitrogens is 2. The first-order chi connectivity index (χ1) is 21.4. The monoisotopic (exact) mass is 615 g/mol. The zero-order valence-electron chi connectivity index (χ0n) is 25.6. The average molecular weight is 616 g/mol. The fourth-order valence-corrected chi connectivity index (χ4v) is 5.78. The highest BCUT2D eigenvalue weighted by Crippen LogP contribution is 2.28. The van der Waals surface area contributed by atoms with Gasteiger partial charge in [0.05, 0.1) is 40.9 Å². The molecule has 232 valence electrons. The van der Waals surface area contributed by atoms with Crippen LogP contribution in [0.3, 0.4) is 0 Å². The second-order valence-corrected chi connectivity index (χ2v) is 11.9. The van der Waals surface area contributed by atoms with Crippen molar-refractivity contribution >= 4 is 28.5 Å². The molecule has 4 rings (SSSR count). The third-order valence-corrected chi connectivity index (χ3v) is 8.37. The summed E-state index contributed by atoms with van der Waals surface area (Å²) in [7, 11) is -1.24. The summed E-state index contributed by atoms with van der Waals surface area (Å²) >= 11 is 0. The maximum Gasteiger partial charge on any atom is 0.248 e. The van der Waals surface area contributed by atoms with Crippen LogP contribution in [0.2, 0.25) is 0 Å². The van der Waals surface area contributed by atoms with Gasteiger partial charge in [-0.1, -0.05) is 38.5 Å². The van der Waals surface area contributed by atoms with Crippen LogP contribution < -0.4 is 10.1 Å². The molecule has 44 heavy (non-hydrogen) atoms. The van der Waals surface area contributed by atoms with Gasteiger partial charge in [-0.3, -0.25) is 9.00 Å². The average Bonchev–Trinajstić information content (AvgIpc) is 3.37. The summed E-state index contributed by atoms with van der Waals surface area (Å²) in [6.07, 6.45) is 7.89. The zero-order chi connectivity index (χ0) is 31.3. The molecule has 1 heterocycles. The van der Waals surface area contributed by atoms with Gasteiger partial charge in [0.25, 0.3) is 0 Å². The lowest BCUT2D eigenvalue weighted by Gasteiger charge is -2.09. The van der Waals surface area contributed by atoms with E-state index in [1.165, 1.54) is 6.08 Å². The van der Waals surface area contributed by atoms with E-state index in [-0.39, 0.29) is 11.7 Å². The number of aryl methyl sites for hydroxylation is 2. The first-order valence-corrected chi connectivity index (χ1v) is 16.3. The quantitative estimate of drug-likeness (QED) is 0.103. The van der Waals surface area contributed by atoms with E-state index < -0.39 is 10.8 Å². The van der Waals surface area contributed by atoms with Crippen LogP contribution in [0.25, 0.3) is 17.2 Å². The Morgan fingerprint density at radius 3 is 2.45 bits per heavy atom. The Kier molecular flexibility index (Phi) is 12.3. The normalized spacial score (nSPS) is 12.0. The highest BCUT2D eigenvalue weighted by molar-refractivity contribution is 7.84. The van der Waals surface area contributed by atoms with Crippen LogP contribution in [-0.2, 0) is 32.6 Å². The van der Waals surface area contributed by atoms with Gasteiger partial charge in [0.2, 0.25) is 5.91 Å². The summed E-state index contributed by atoms with van der Waals surface area (Å²) in [6.45, 7) is 8.81. The molecule has 0 saturated heterocycles. The molecule has 1 atom stereocenters. The summed E-state index contributed by atoms with van der Waals surface area (Å²) in [5, 5.41) is 13.2. The number of nitrogens with one attached hydrogen (secondary N) is 1. The SMILES string of the molecule is CCCCOCCOc1ccc(-c2ccc(O)c(/C=C/C(=O)Nc3ccc([S@](=O)Cc4c(C)ncn4CCC)cc3)c2)cc1. The number of phenolic OH excluding ortho intramolecular Hbond substituents is 1. The fraction of sp³-hybridized carbons (Fsp3) is 0.314. The first kappa shape index (κ1) is 32.7. The standard InChI is InChI=1S/C35H41N3O5S/c1-4-6-20-42-21-22-43-31-13-7-27(8-14-31)28-9-17-34(39)29(23-28)10-18-35(40)37-30-11-15-32(16-12-30)44(41)24-33-26(3)36-25-38(33)19-5-2/h7-18,23,25,39H,4-6,19-22,24H2,1-3H3,(H,37,40)/b18-10+/t44-/m1/s1. The van der Waals surface area contributed by atoms with Gasteiger partial charge in [-0.2, -0.15) is 0 Å². The zero-order valence-corrected chi connectivity index (χ0v) is 26.4. The number of anilines is 1. The lowest BCUT2D eigenvalue weighted by atomic mass is 10.0. The smallest absolute Gasteiger partial charge is 0.248 e. The van der Waals surface area contributed by atoms with Gasteiger partial charge >= 0.3 is 0 Å². The molecule has 4 aromatic rings. The summed E-state index contributed by atoms with van der Waals surface area (Å²) in [5.74, 6) is 0.873. The number of aromatic hydroxyl groups is 1. The second-order valence-electron chi connectivity index (χ2n) is 10.4. The number of ether oxygens (including phenoxy) is 2. The molecule has 0 fully saturated rings. The van der Waals surface area contributed by atoms with E-state index in [9.17, 15) is 14.1 Å². The lowest BCUT2D eigenvalue weighted by molar-refractivity contribution is -0.111. The topological polar surface area (TPSA) is 103 Å². The largest absolute Gasteiger partial charge is 0.507 e. The molecule has 0 bridgehead atoms. The van der Waals surface area contributed by atoms with Crippen LogP contribution in [0, 0.1) is 6.92 Å². The Hall–Kier alpha value is -4.21.